The van der Waals surface area contributed by atoms with Crippen molar-refractivity contribution in [2.75, 3.05) is 18.4 Å². The van der Waals surface area contributed by atoms with E-state index >= 15 is 0 Å². The number of nitrogens with zero attached hydrogens (tertiary/aromatic N) is 3. The molecule has 0 radical (unpaired) electrons. The Morgan fingerprint density at radius 3 is 2.25 bits per heavy atom. The van der Waals surface area contributed by atoms with Gasteiger partial charge in [0, 0.05) is 18.2 Å². The summed E-state index contributed by atoms with van der Waals surface area (Å²) >= 11 is 0. The topological polar surface area (TPSA) is 67.2 Å². The van der Waals surface area contributed by atoms with Crippen LogP contribution >= 0.6 is 0 Å². The van der Waals surface area contributed by atoms with Crippen LogP contribution < -0.4 is 5.32 Å². The number of aromatic nitrogens is 2. The van der Waals surface area contributed by atoms with Crippen LogP contribution in [0.5, 0.6) is 0 Å². The molecule has 1 heterocycles. The quantitative estimate of drug-likeness (QED) is 0.285. The minimum Gasteiger partial charge on any atom is -0.333 e. The fourth-order valence-electron chi connectivity index (χ4n) is 7.87. The predicted octanol–water partition coefficient (Wildman–Crippen LogP) is 6.85. The second-order valence-electron chi connectivity index (χ2n) is 12.3. The van der Waals surface area contributed by atoms with Crippen LogP contribution in [0.25, 0.3) is 16.9 Å². The Hall–Kier alpha value is -3.48. The van der Waals surface area contributed by atoms with Crippen LogP contribution in [0.15, 0.2) is 60.7 Å². The summed E-state index contributed by atoms with van der Waals surface area (Å²) in [5.41, 5.74) is 1.97. The minimum absolute atomic E-state index is 0.0273. The first-order valence-electron chi connectivity index (χ1n) is 14.9. The third-order valence-electron chi connectivity index (χ3n) is 9.26. The van der Waals surface area contributed by atoms with Crippen LogP contribution in [0.1, 0.15) is 64.7 Å². The van der Waals surface area contributed by atoms with Crippen LogP contribution in [-0.2, 0) is 9.59 Å². The van der Waals surface area contributed by atoms with Crippen molar-refractivity contribution in [3.05, 3.63) is 66.5 Å². The predicted molar refractivity (Wildman–Crippen MR) is 154 cm³/mol. The van der Waals surface area contributed by atoms with Gasteiger partial charge in [-0.3, -0.25) is 9.59 Å². The molecular formula is C33H39FN4O2. The number of amides is 2. The van der Waals surface area contributed by atoms with E-state index in [0.29, 0.717) is 41.5 Å². The first kappa shape index (κ1) is 26.7. The normalized spacial score (nSPS) is 24.7. The van der Waals surface area contributed by atoms with Crippen LogP contribution in [0.2, 0.25) is 0 Å². The fraction of sp³-hybridized carbons (Fsp3) is 0.485. The molecule has 3 aromatic rings. The van der Waals surface area contributed by atoms with E-state index in [2.05, 4.69) is 12.2 Å². The molecule has 0 atom stereocenters. The van der Waals surface area contributed by atoms with Crippen LogP contribution in [0.4, 0.5) is 10.2 Å². The van der Waals surface area contributed by atoms with Crippen molar-refractivity contribution >= 4 is 17.6 Å². The lowest BCUT2D eigenvalue weighted by Crippen LogP contribution is -2.55. The third-order valence-corrected chi connectivity index (χ3v) is 9.26. The molecule has 7 rings (SSSR count). The van der Waals surface area contributed by atoms with Gasteiger partial charge in [0.2, 0.25) is 11.8 Å². The maximum absolute atomic E-state index is 14.2. The van der Waals surface area contributed by atoms with Gasteiger partial charge in [-0.05, 0) is 87.0 Å². The van der Waals surface area contributed by atoms with Crippen LogP contribution in [0.3, 0.4) is 0 Å². The molecule has 40 heavy (non-hydrogen) atoms. The van der Waals surface area contributed by atoms with Crippen LogP contribution in [-0.4, -0.2) is 39.6 Å². The van der Waals surface area contributed by atoms with E-state index in [1.54, 1.807) is 16.8 Å². The summed E-state index contributed by atoms with van der Waals surface area (Å²) < 4.78 is 15.3. The molecule has 4 saturated carbocycles. The number of rotatable bonds is 10. The molecule has 4 aliphatic rings. The number of carbonyl (C=O) groups excluding carboxylic acids is 2. The van der Waals surface area contributed by atoms with Crippen molar-refractivity contribution in [2.45, 2.75) is 64.7 Å². The standard InChI is InChI=1S/C33H39FN4O2/c1-2-3-7-14-37(32(40)33-19-23-15-24(20-33)17-25(16-23)21-33)22-31(39)35-30-18-29(26-8-5-4-6-9-26)36-38(30)28-12-10-27(34)11-13-28/h4-6,8-13,18,23-25H,2-3,7,14-17,19-22H2,1H3,(H,35,39). The summed E-state index contributed by atoms with van der Waals surface area (Å²) in [7, 11) is 0. The van der Waals surface area contributed by atoms with Crippen molar-refractivity contribution in [3.63, 3.8) is 0 Å². The zero-order chi connectivity index (χ0) is 27.7. The van der Waals surface area contributed by atoms with E-state index in [9.17, 15) is 14.0 Å². The van der Waals surface area contributed by atoms with Gasteiger partial charge in [0.15, 0.2) is 0 Å². The Morgan fingerprint density at radius 1 is 0.975 bits per heavy atom. The summed E-state index contributed by atoms with van der Waals surface area (Å²) in [5.74, 6) is 2.11. The van der Waals surface area contributed by atoms with Gasteiger partial charge in [-0.1, -0.05) is 50.1 Å². The van der Waals surface area contributed by atoms with Gasteiger partial charge in [0.25, 0.3) is 0 Å². The molecule has 0 aliphatic heterocycles. The smallest absolute Gasteiger partial charge is 0.245 e. The highest BCUT2D eigenvalue weighted by Gasteiger charge is 2.55. The van der Waals surface area contributed by atoms with Gasteiger partial charge in [-0.2, -0.15) is 5.10 Å². The highest BCUT2D eigenvalue weighted by molar-refractivity contribution is 5.95. The van der Waals surface area contributed by atoms with Crippen LogP contribution in [0, 0.1) is 29.0 Å². The molecule has 0 saturated heterocycles. The van der Waals surface area contributed by atoms with E-state index < -0.39 is 0 Å². The number of benzene rings is 2. The zero-order valence-electron chi connectivity index (χ0n) is 23.3. The van der Waals surface area contributed by atoms with Gasteiger partial charge in [0.05, 0.1) is 23.3 Å². The second-order valence-corrected chi connectivity index (χ2v) is 12.3. The molecule has 1 aromatic heterocycles. The molecule has 2 amide bonds. The van der Waals surface area contributed by atoms with Gasteiger partial charge in [0.1, 0.15) is 11.6 Å². The number of anilines is 1. The van der Waals surface area contributed by atoms with Gasteiger partial charge >= 0.3 is 0 Å². The molecule has 6 nitrogen and oxygen atoms in total. The molecule has 0 unspecified atom stereocenters. The number of carbonyl (C=O) groups is 2. The summed E-state index contributed by atoms with van der Waals surface area (Å²) in [5, 5.41) is 7.77. The van der Waals surface area contributed by atoms with Gasteiger partial charge in [-0.15, -0.1) is 0 Å². The number of unbranched alkanes of at least 4 members (excludes halogenated alkanes) is 2. The van der Waals surface area contributed by atoms with Crippen molar-refractivity contribution in [1.29, 1.82) is 0 Å². The lowest BCUT2D eigenvalue weighted by Gasteiger charge is -2.56. The summed E-state index contributed by atoms with van der Waals surface area (Å²) in [4.78, 5) is 29.6. The number of halogens is 1. The average molecular weight is 543 g/mol. The van der Waals surface area contributed by atoms with Crippen molar-refractivity contribution in [2.24, 2.45) is 23.2 Å². The Bertz CT molecular complexity index is 1320. The SMILES string of the molecule is CCCCCN(CC(=O)Nc1cc(-c2ccccc2)nn1-c1ccc(F)cc1)C(=O)C12CC3CC(CC(C3)C1)C2. The number of nitrogens with one attached hydrogen (secondary N) is 1. The van der Waals surface area contributed by atoms with E-state index in [1.165, 1.54) is 31.4 Å². The zero-order valence-corrected chi connectivity index (χ0v) is 23.3. The molecule has 210 valence electrons. The molecule has 4 bridgehead atoms. The highest BCUT2D eigenvalue weighted by atomic mass is 19.1. The Kier molecular flexibility index (Phi) is 7.47. The fourth-order valence-corrected chi connectivity index (χ4v) is 7.87. The molecule has 1 N–H and O–H groups in total. The monoisotopic (exact) mass is 542 g/mol. The van der Waals surface area contributed by atoms with Crippen molar-refractivity contribution < 1.29 is 14.0 Å². The second kappa shape index (κ2) is 11.2. The minimum atomic E-state index is -0.337. The maximum atomic E-state index is 14.2. The molecule has 4 aliphatic carbocycles. The first-order valence-corrected chi connectivity index (χ1v) is 14.9. The molecular weight excluding hydrogens is 503 g/mol. The van der Waals surface area contributed by atoms with E-state index in [0.717, 1.165) is 44.1 Å². The lowest BCUT2D eigenvalue weighted by atomic mass is 9.49. The lowest BCUT2D eigenvalue weighted by molar-refractivity contribution is -0.158. The van der Waals surface area contributed by atoms with E-state index in [4.69, 9.17) is 5.10 Å². The van der Waals surface area contributed by atoms with E-state index in [1.807, 2.05) is 41.3 Å². The van der Waals surface area contributed by atoms with Crippen molar-refractivity contribution in [1.82, 2.24) is 14.7 Å². The Labute approximate surface area is 236 Å². The molecule has 2 aromatic carbocycles. The van der Waals surface area contributed by atoms with E-state index in [-0.39, 0.29) is 29.6 Å². The summed E-state index contributed by atoms with van der Waals surface area (Å²) in [6.45, 7) is 2.78. The number of hydrogen-bond acceptors (Lipinski definition) is 3. The Balaban J connectivity index is 1.24. The number of hydrogen-bond donors (Lipinski definition) is 1. The highest BCUT2D eigenvalue weighted by Crippen LogP contribution is 2.60. The average Bonchev–Trinajstić information content (AvgIpc) is 3.36. The maximum Gasteiger partial charge on any atom is 0.245 e. The molecule has 7 heteroatoms. The summed E-state index contributed by atoms with van der Waals surface area (Å²) in [6, 6.07) is 17.6. The van der Waals surface area contributed by atoms with Crippen molar-refractivity contribution in [3.8, 4) is 16.9 Å². The first-order chi connectivity index (χ1) is 19.4. The Morgan fingerprint density at radius 2 is 1.62 bits per heavy atom. The third kappa shape index (κ3) is 5.43. The van der Waals surface area contributed by atoms with Gasteiger partial charge < -0.3 is 10.2 Å². The van der Waals surface area contributed by atoms with Gasteiger partial charge in [-0.25, -0.2) is 9.07 Å². The largest absolute Gasteiger partial charge is 0.333 e. The molecule has 4 fully saturated rings. The molecule has 0 spiro atoms. The summed E-state index contributed by atoms with van der Waals surface area (Å²) in [6.07, 6.45) is 9.78.